The van der Waals surface area contributed by atoms with Crippen LogP contribution in [0.4, 0.5) is 0 Å². The summed E-state index contributed by atoms with van der Waals surface area (Å²) in [5.74, 6) is -2.30. The van der Waals surface area contributed by atoms with Gasteiger partial charge in [0, 0.05) is 6.42 Å². The number of carbonyl (C=O) groups is 2. The van der Waals surface area contributed by atoms with E-state index in [0.29, 0.717) is 0 Å². The summed E-state index contributed by atoms with van der Waals surface area (Å²) in [6, 6.07) is 7.22. The Kier molecular flexibility index (Phi) is 6.71. The molecule has 2 rings (SSSR count). The minimum atomic E-state index is -4.20. The number of carbonyl (C=O) groups excluding carboxylic acids is 1. The predicted octanol–water partition coefficient (Wildman–Crippen LogP) is 0.318. The molecule has 146 valence electrons. The van der Waals surface area contributed by atoms with E-state index in [1.165, 1.54) is 24.3 Å². The quantitative estimate of drug-likeness (QED) is 0.334. The fraction of sp³-hybridized carbons (Fsp3) is 0.333. The third-order valence-electron chi connectivity index (χ3n) is 3.19. The van der Waals surface area contributed by atoms with E-state index < -0.39 is 32.7 Å². The first-order valence-electron chi connectivity index (χ1n) is 7.72. The molecule has 1 heterocycles. The van der Waals surface area contributed by atoms with Crippen molar-refractivity contribution < 1.29 is 42.1 Å². The highest BCUT2D eigenvalue weighted by molar-refractivity contribution is 7.91. The average Bonchev–Trinajstić information content (AvgIpc) is 3.01. The second-order valence-electron chi connectivity index (χ2n) is 5.17. The van der Waals surface area contributed by atoms with Gasteiger partial charge in [-0.3, -0.25) is 14.2 Å². The Hall–Kier alpha value is -3.15. The number of hydrogen-bond donors (Lipinski definition) is 1. The maximum Gasteiger partial charge on any atom is 0.414 e. The number of ether oxygens (including phenoxy) is 2. The van der Waals surface area contributed by atoms with Crippen LogP contribution in [0, 0.1) is 5.21 Å². The van der Waals surface area contributed by atoms with Crippen molar-refractivity contribution in [3.63, 3.8) is 0 Å². The van der Waals surface area contributed by atoms with Crippen molar-refractivity contribution >= 4 is 21.8 Å². The highest BCUT2D eigenvalue weighted by Gasteiger charge is 2.35. The van der Waals surface area contributed by atoms with E-state index in [-0.39, 0.29) is 42.3 Å². The van der Waals surface area contributed by atoms with E-state index >= 15 is 0 Å². The van der Waals surface area contributed by atoms with Crippen molar-refractivity contribution in [2.45, 2.75) is 29.2 Å². The number of benzene rings is 1. The number of hydrogen-bond acceptors (Lipinski definition) is 9. The fourth-order valence-electron chi connectivity index (χ4n) is 1.94. The number of aliphatic carboxylic acids is 1. The molecule has 27 heavy (non-hydrogen) atoms. The molecule has 1 N–H and O–H groups in total. The van der Waals surface area contributed by atoms with E-state index in [0.717, 1.165) is 0 Å². The van der Waals surface area contributed by atoms with E-state index in [1.54, 1.807) is 6.07 Å². The second kappa shape index (κ2) is 8.98. The first-order valence-corrected chi connectivity index (χ1v) is 9.20. The zero-order valence-corrected chi connectivity index (χ0v) is 14.8. The lowest BCUT2D eigenvalue weighted by molar-refractivity contribution is -0.832. The zero-order valence-electron chi connectivity index (χ0n) is 13.9. The summed E-state index contributed by atoms with van der Waals surface area (Å²) in [4.78, 5) is 21.2. The summed E-state index contributed by atoms with van der Waals surface area (Å²) >= 11 is 0. The topological polar surface area (TPSA) is 160 Å². The van der Waals surface area contributed by atoms with Gasteiger partial charge in [-0.05, 0) is 17.0 Å². The Morgan fingerprint density at radius 3 is 2.56 bits per heavy atom. The molecule has 0 aliphatic rings. The van der Waals surface area contributed by atoms with Crippen LogP contribution in [-0.2, 0) is 24.2 Å². The summed E-state index contributed by atoms with van der Waals surface area (Å²) in [6.45, 7) is -0.190. The van der Waals surface area contributed by atoms with E-state index in [9.17, 15) is 23.2 Å². The van der Waals surface area contributed by atoms with Gasteiger partial charge in [-0.25, -0.2) is 8.42 Å². The van der Waals surface area contributed by atoms with Crippen LogP contribution in [0.1, 0.15) is 19.3 Å². The largest absolute Gasteiger partial charge is 0.481 e. The van der Waals surface area contributed by atoms with Crippen molar-refractivity contribution in [3.8, 4) is 5.88 Å². The molecule has 0 bridgehead atoms. The fourth-order valence-corrected chi connectivity index (χ4v) is 3.23. The minimum Gasteiger partial charge on any atom is -0.481 e. The maximum absolute atomic E-state index is 12.5. The molecule has 0 saturated carbocycles. The third kappa shape index (κ3) is 5.41. The number of carboxylic acid groups (broad SMARTS) is 1. The molecule has 0 atom stereocenters. The van der Waals surface area contributed by atoms with Gasteiger partial charge in [-0.1, -0.05) is 18.2 Å². The number of esters is 1. The number of nitrogens with zero attached hydrogens (tertiary/aromatic N) is 2. The number of carboxylic acids is 1. The van der Waals surface area contributed by atoms with Crippen LogP contribution in [0.15, 0.2) is 44.9 Å². The molecule has 0 unspecified atom stereocenters. The molecule has 2 aromatic rings. The highest BCUT2D eigenvalue weighted by Crippen LogP contribution is 2.24. The minimum absolute atomic E-state index is 0.0750. The van der Waals surface area contributed by atoms with E-state index in [2.05, 4.69) is 9.79 Å². The van der Waals surface area contributed by atoms with Crippen molar-refractivity contribution in [2.75, 3.05) is 13.2 Å². The van der Waals surface area contributed by atoms with Gasteiger partial charge in [-0.15, -0.1) is 0 Å². The maximum atomic E-state index is 12.5. The van der Waals surface area contributed by atoms with Crippen LogP contribution in [0.2, 0.25) is 0 Å². The zero-order chi connectivity index (χ0) is 19.9. The van der Waals surface area contributed by atoms with E-state index in [4.69, 9.17) is 14.6 Å². The number of rotatable bonds is 10. The van der Waals surface area contributed by atoms with Gasteiger partial charge in [0.05, 0.1) is 36.1 Å². The Morgan fingerprint density at radius 2 is 1.89 bits per heavy atom. The Balaban J connectivity index is 1.92. The van der Waals surface area contributed by atoms with Crippen LogP contribution in [0.5, 0.6) is 5.88 Å². The first-order chi connectivity index (χ1) is 12.8. The molecule has 1 aromatic carbocycles. The monoisotopic (exact) mass is 400 g/mol. The molecule has 11 nitrogen and oxygen atoms in total. The normalized spacial score (nSPS) is 11.1. The molecule has 0 spiro atoms. The smallest absolute Gasteiger partial charge is 0.414 e. The molecule has 0 saturated heterocycles. The van der Waals surface area contributed by atoms with Crippen LogP contribution in [0.3, 0.4) is 0 Å². The molecule has 0 aliphatic heterocycles. The van der Waals surface area contributed by atoms with E-state index in [1.807, 2.05) is 0 Å². The second-order valence-corrected chi connectivity index (χ2v) is 7.04. The van der Waals surface area contributed by atoms with Gasteiger partial charge >= 0.3 is 22.8 Å². The van der Waals surface area contributed by atoms with Crippen molar-refractivity contribution in [2.24, 2.45) is 0 Å². The summed E-state index contributed by atoms with van der Waals surface area (Å²) < 4.78 is 39.3. The molecule has 12 heteroatoms. The summed E-state index contributed by atoms with van der Waals surface area (Å²) in [5.41, 5.74) is 0. The van der Waals surface area contributed by atoms with Crippen LogP contribution >= 0.6 is 0 Å². The van der Waals surface area contributed by atoms with Crippen LogP contribution in [0.25, 0.3) is 0 Å². The predicted molar refractivity (Wildman–Crippen MR) is 85.3 cm³/mol. The summed E-state index contributed by atoms with van der Waals surface area (Å²) in [5, 5.41) is 22.6. The number of sulfone groups is 1. The van der Waals surface area contributed by atoms with Gasteiger partial charge in [-0.2, -0.15) is 0 Å². The van der Waals surface area contributed by atoms with Gasteiger partial charge < -0.3 is 19.8 Å². The van der Waals surface area contributed by atoms with Gasteiger partial charge in [0.2, 0.25) is 0 Å². The Bertz CT molecular complexity index is 893. The van der Waals surface area contributed by atoms with Gasteiger partial charge in [0.25, 0.3) is 9.84 Å². The van der Waals surface area contributed by atoms with Gasteiger partial charge in [0.1, 0.15) is 0 Å². The van der Waals surface area contributed by atoms with Crippen LogP contribution in [-0.4, -0.2) is 43.8 Å². The lowest BCUT2D eigenvalue weighted by atomic mass is 10.3. The van der Waals surface area contributed by atoms with Crippen molar-refractivity contribution in [3.05, 3.63) is 35.5 Å². The SMILES string of the molecule is O=C(O)CCC(=O)OCCCOc1no[n+]([O-])c1S(=O)(=O)c1ccccc1. The standard InChI is InChI=1S/C15H16N2O9S/c18-12(19)7-8-13(20)24-9-4-10-25-14-15(17(21)26-16-14)27(22,23)11-5-2-1-3-6-11/h1-3,5-6H,4,7-10H2,(H,18,19). The molecule has 0 aliphatic carbocycles. The molecular formula is C15H16N2O9S. The van der Waals surface area contributed by atoms with Gasteiger partial charge in [0.15, 0.2) is 0 Å². The third-order valence-corrected chi connectivity index (χ3v) is 4.91. The Labute approximate surface area is 153 Å². The molecule has 0 radical (unpaired) electrons. The Morgan fingerprint density at radius 1 is 1.19 bits per heavy atom. The molecular weight excluding hydrogens is 384 g/mol. The molecule has 0 amide bonds. The molecule has 0 fully saturated rings. The lowest BCUT2D eigenvalue weighted by Crippen LogP contribution is -2.31. The lowest BCUT2D eigenvalue weighted by Gasteiger charge is -2.05. The van der Waals surface area contributed by atoms with Crippen molar-refractivity contribution in [1.82, 2.24) is 5.16 Å². The van der Waals surface area contributed by atoms with Crippen LogP contribution < -0.4 is 9.64 Å². The number of aromatic nitrogens is 2. The summed E-state index contributed by atoms with van der Waals surface area (Å²) in [7, 11) is -4.20. The summed E-state index contributed by atoms with van der Waals surface area (Å²) in [6.07, 6.45) is -0.428. The molecule has 1 aromatic heterocycles. The van der Waals surface area contributed by atoms with Crippen molar-refractivity contribution in [1.29, 1.82) is 0 Å². The average molecular weight is 400 g/mol. The highest BCUT2D eigenvalue weighted by atomic mass is 32.2. The first kappa shape index (κ1) is 20.2.